The maximum absolute atomic E-state index is 14.6. The third-order valence-electron chi connectivity index (χ3n) is 5.18. The van der Waals surface area contributed by atoms with Gasteiger partial charge in [-0.3, -0.25) is 9.59 Å². The van der Waals surface area contributed by atoms with Gasteiger partial charge in [-0.05, 0) is 36.1 Å². The number of nitrogens with zero attached hydrogens (tertiary/aromatic N) is 1. The van der Waals surface area contributed by atoms with Gasteiger partial charge in [0.25, 0.3) is 5.91 Å². The third kappa shape index (κ3) is 6.15. The summed E-state index contributed by atoms with van der Waals surface area (Å²) in [6.45, 7) is 2.26. The number of imide groups is 1. The van der Waals surface area contributed by atoms with E-state index in [0.29, 0.717) is 31.4 Å². The second kappa shape index (κ2) is 11.1. The molecule has 0 aromatic heterocycles. The van der Waals surface area contributed by atoms with Crippen LogP contribution in [-0.2, 0) is 21.4 Å². The molecular weight excluding hydrogens is 576 g/mol. The molecule has 0 saturated carbocycles. The Labute approximate surface area is 218 Å². The van der Waals surface area contributed by atoms with E-state index in [1.165, 1.54) is 6.92 Å². The number of carbonyl (C=O) groups is 3. The highest BCUT2D eigenvalue weighted by Gasteiger charge is 2.73. The van der Waals surface area contributed by atoms with E-state index in [9.17, 15) is 58.3 Å². The van der Waals surface area contributed by atoms with E-state index in [1.54, 1.807) is 0 Å². The Morgan fingerprint density at radius 2 is 1.36 bits per heavy atom. The van der Waals surface area contributed by atoms with E-state index in [4.69, 9.17) is 0 Å². The molecule has 0 spiro atoms. The summed E-state index contributed by atoms with van der Waals surface area (Å²) in [5.74, 6) is -4.10. The zero-order chi connectivity index (χ0) is 30.1. The summed E-state index contributed by atoms with van der Waals surface area (Å²) < 4.78 is 138. The van der Waals surface area contributed by atoms with E-state index in [0.717, 1.165) is 18.7 Å². The summed E-state index contributed by atoms with van der Waals surface area (Å²) in [4.78, 5) is 38.0. The number of benzene rings is 2. The van der Waals surface area contributed by atoms with Crippen molar-refractivity contribution in [2.45, 2.75) is 42.9 Å². The molecule has 16 heteroatoms. The molecule has 0 fully saturated rings. The summed E-state index contributed by atoms with van der Waals surface area (Å²) in [6.07, 6.45) is -17.9. The molecule has 2 rings (SSSR count). The smallest absolute Gasteiger partial charge is 0.435 e. The lowest BCUT2D eigenvalue weighted by Gasteiger charge is -2.31. The van der Waals surface area contributed by atoms with Crippen molar-refractivity contribution in [3.63, 3.8) is 0 Å². The minimum Gasteiger partial charge on any atom is -0.465 e. The van der Waals surface area contributed by atoms with E-state index in [2.05, 4.69) is 4.74 Å². The molecule has 2 amide bonds. The average Bonchev–Trinajstić information content (AvgIpc) is 2.81. The number of alkyl halides is 10. The molecule has 0 aliphatic rings. The number of rotatable bonds is 6. The van der Waals surface area contributed by atoms with Crippen molar-refractivity contribution in [1.29, 1.82) is 0 Å². The van der Waals surface area contributed by atoms with Crippen molar-refractivity contribution in [3.8, 4) is 0 Å². The monoisotopic (exact) mass is 593 g/mol. The van der Waals surface area contributed by atoms with Gasteiger partial charge in [0.2, 0.25) is 5.91 Å². The van der Waals surface area contributed by atoms with Gasteiger partial charge in [0.05, 0.1) is 29.5 Å². The lowest BCUT2D eigenvalue weighted by molar-refractivity contribution is -0.348. The molecule has 0 aliphatic carbocycles. The van der Waals surface area contributed by atoms with Crippen molar-refractivity contribution < 1.29 is 63.0 Å². The predicted octanol–water partition coefficient (Wildman–Crippen LogP) is 7.09. The number of carbonyl (C=O) groups excluding carboxylic acids is 3. The first kappa shape index (κ1) is 31.9. The maximum Gasteiger partial charge on any atom is 0.435 e. The van der Waals surface area contributed by atoms with Crippen LogP contribution >= 0.6 is 11.8 Å². The normalized spacial score (nSPS) is 12.7. The highest BCUT2D eigenvalue weighted by Crippen LogP contribution is 2.53. The Kier molecular flexibility index (Phi) is 9.05. The quantitative estimate of drug-likeness (QED) is 0.203. The number of ether oxygens (including phenoxy) is 1. The van der Waals surface area contributed by atoms with Crippen LogP contribution in [0.5, 0.6) is 0 Å². The number of amides is 2. The topological polar surface area (TPSA) is 63.7 Å². The number of esters is 1. The van der Waals surface area contributed by atoms with E-state index in [1.807, 2.05) is 0 Å². The van der Waals surface area contributed by atoms with Gasteiger partial charge in [0.15, 0.2) is 0 Å². The SMILES string of the molecule is CCSc1cc(C(F)(F)F)ccc1C(=O)N(C(C)=O)c1ccc(C(F)(C(F)(F)F)C(F)(F)F)cc1C(=O)OC. The Hall–Kier alpha value is -3.30. The Bertz CT molecular complexity index is 1260. The largest absolute Gasteiger partial charge is 0.465 e. The van der Waals surface area contributed by atoms with Crippen LogP contribution < -0.4 is 4.90 Å². The zero-order valence-corrected chi connectivity index (χ0v) is 20.8. The molecule has 0 atom stereocenters. The molecule has 214 valence electrons. The number of hydrogen-bond donors (Lipinski definition) is 0. The highest BCUT2D eigenvalue weighted by molar-refractivity contribution is 7.99. The molecule has 2 aromatic carbocycles. The number of hydrogen-bond acceptors (Lipinski definition) is 5. The fourth-order valence-electron chi connectivity index (χ4n) is 3.40. The fourth-order valence-corrected chi connectivity index (χ4v) is 4.23. The van der Waals surface area contributed by atoms with E-state index in [-0.39, 0.29) is 27.7 Å². The van der Waals surface area contributed by atoms with Crippen LogP contribution in [0.1, 0.15) is 45.7 Å². The van der Waals surface area contributed by atoms with Crippen LogP contribution in [0.4, 0.5) is 49.6 Å². The zero-order valence-electron chi connectivity index (χ0n) is 19.9. The number of methoxy groups -OCH3 is 1. The van der Waals surface area contributed by atoms with Gasteiger partial charge in [-0.15, -0.1) is 11.8 Å². The molecule has 0 saturated heterocycles. The Balaban J connectivity index is 2.83. The van der Waals surface area contributed by atoms with Gasteiger partial charge < -0.3 is 4.74 Å². The van der Waals surface area contributed by atoms with Gasteiger partial charge in [-0.25, -0.2) is 14.1 Å². The number of thioether (sulfide) groups is 1. The second-order valence-corrected chi connectivity index (χ2v) is 8.98. The summed E-state index contributed by atoms with van der Waals surface area (Å²) in [5, 5.41) is 0. The molecule has 0 bridgehead atoms. The van der Waals surface area contributed by atoms with Gasteiger partial charge in [-0.1, -0.05) is 13.0 Å². The molecule has 5 nitrogen and oxygen atoms in total. The van der Waals surface area contributed by atoms with Crippen molar-refractivity contribution in [1.82, 2.24) is 0 Å². The first-order valence-electron chi connectivity index (χ1n) is 10.5. The number of anilines is 1. The lowest BCUT2D eigenvalue weighted by atomic mass is 9.91. The van der Waals surface area contributed by atoms with Gasteiger partial charge >= 0.3 is 30.2 Å². The summed E-state index contributed by atoms with van der Waals surface area (Å²) in [6, 6.07) is 1.93. The summed E-state index contributed by atoms with van der Waals surface area (Å²) in [5.41, 5.74) is -11.8. The minimum atomic E-state index is -6.54. The molecule has 39 heavy (non-hydrogen) atoms. The standard InChI is InChI=1S/C23H17F10NO4S/c1-4-39-17-10-13(21(25,26)27)5-7-14(17)18(36)34(11(2)35)16-8-6-12(9-15(16)19(37)38-3)20(24,22(28,29)30)23(31,32)33/h5-10H,4H2,1-3H3. The van der Waals surface area contributed by atoms with Gasteiger partial charge in [0, 0.05) is 17.4 Å². The number of halogens is 10. The van der Waals surface area contributed by atoms with Crippen LogP contribution in [-0.4, -0.2) is 43.0 Å². The summed E-state index contributed by atoms with van der Waals surface area (Å²) >= 11 is 0.761. The van der Waals surface area contributed by atoms with Crippen LogP contribution in [0, 0.1) is 0 Å². The average molecular weight is 593 g/mol. The first-order chi connectivity index (χ1) is 17.7. The van der Waals surface area contributed by atoms with Crippen LogP contribution in [0.15, 0.2) is 41.3 Å². The van der Waals surface area contributed by atoms with Crippen molar-refractivity contribution >= 4 is 35.2 Å². The Morgan fingerprint density at radius 1 is 0.821 bits per heavy atom. The Morgan fingerprint density at radius 3 is 1.79 bits per heavy atom. The summed E-state index contributed by atoms with van der Waals surface area (Å²) in [7, 11) is 0.667. The van der Waals surface area contributed by atoms with E-state index < -0.39 is 69.9 Å². The fraction of sp³-hybridized carbons (Fsp3) is 0.348. The molecule has 0 unspecified atom stereocenters. The highest BCUT2D eigenvalue weighted by atomic mass is 32.2. The second-order valence-electron chi connectivity index (χ2n) is 7.68. The van der Waals surface area contributed by atoms with Crippen LogP contribution in [0.3, 0.4) is 0 Å². The maximum atomic E-state index is 14.6. The van der Waals surface area contributed by atoms with Crippen molar-refractivity contribution in [2.24, 2.45) is 0 Å². The minimum absolute atomic E-state index is 0.0274. The molecule has 2 aromatic rings. The predicted molar refractivity (Wildman–Crippen MR) is 118 cm³/mol. The lowest BCUT2D eigenvalue weighted by Crippen LogP contribution is -2.50. The molecule has 0 aliphatic heterocycles. The third-order valence-corrected chi connectivity index (χ3v) is 6.12. The van der Waals surface area contributed by atoms with Crippen LogP contribution in [0.25, 0.3) is 0 Å². The molecule has 0 radical (unpaired) electrons. The molecule has 0 heterocycles. The van der Waals surface area contributed by atoms with Gasteiger partial charge in [-0.2, -0.15) is 39.5 Å². The van der Waals surface area contributed by atoms with E-state index >= 15 is 0 Å². The van der Waals surface area contributed by atoms with Crippen molar-refractivity contribution in [2.75, 3.05) is 17.8 Å². The molecule has 0 N–H and O–H groups in total. The van der Waals surface area contributed by atoms with Gasteiger partial charge in [0.1, 0.15) is 0 Å². The van der Waals surface area contributed by atoms with Crippen molar-refractivity contribution in [3.05, 3.63) is 58.7 Å². The first-order valence-corrected chi connectivity index (χ1v) is 11.4. The van der Waals surface area contributed by atoms with Crippen LogP contribution in [0.2, 0.25) is 0 Å². The molecular formula is C23H17F10NO4S.